The van der Waals surface area contributed by atoms with E-state index in [-0.39, 0.29) is 23.7 Å². The number of benzene rings is 1. The molecule has 0 bridgehead atoms. The Hall–Kier alpha value is -1.29. The molecule has 0 spiro atoms. The van der Waals surface area contributed by atoms with Crippen molar-refractivity contribution in [2.24, 2.45) is 5.73 Å². The van der Waals surface area contributed by atoms with Gasteiger partial charge in [0.1, 0.15) is 11.6 Å². The molecule has 0 aliphatic carbocycles. The first-order valence-electron chi connectivity index (χ1n) is 3.87. The molecule has 1 aromatic carbocycles. The van der Waals surface area contributed by atoms with E-state index in [2.05, 4.69) is 0 Å². The Morgan fingerprint density at radius 1 is 1.57 bits per heavy atom. The SMILES string of the molecule is CCOc1cc(F)ccc1C(N)=O.Cl. The number of carbonyl (C=O) groups excluding carboxylic acids is 1. The molecule has 0 aliphatic rings. The fourth-order valence-corrected chi connectivity index (χ4v) is 0.975. The van der Waals surface area contributed by atoms with Crippen LogP contribution in [0.4, 0.5) is 4.39 Å². The molecule has 5 heteroatoms. The third-order valence-corrected chi connectivity index (χ3v) is 1.51. The van der Waals surface area contributed by atoms with Crippen molar-refractivity contribution in [2.45, 2.75) is 6.92 Å². The Labute approximate surface area is 87.5 Å². The lowest BCUT2D eigenvalue weighted by atomic mass is 10.2. The van der Waals surface area contributed by atoms with Crippen molar-refractivity contribution in [3.05, 3.63) is 29.6 Å². The van der Waals surface area contributed by atoms with Crippen LogP contribution >= 0.6 is 12.4 Å². The quantitative estimate of drug-likeness (QED) is 0.842. The molecule has 0 aliphatic heterocycles. The lowest BCUT2D eigenvalue weighted by molar-refractivity contribution is 0.0996. The number of rotatable bonds is 3. The summed E-state index contributed by atoms with van der Waals surface area (Å²) in [5.41, 5.74) is 5.25. The zero-order chi connectivity index (χ0) is 9.84. The molecule has 3 nitrogen and oxygen atoms in total. The molecule has 0 atom stereocenters. The minimum absolute atomic E-state index is 0. The summed E-state index contributed by atoms with van der Waals surface area (Å²) in [5.74, 6) is -0.882. The summed E-state index contributed by atoms with van der Waals surface area (Å²) in [5, 5.41) is 0. The van der Waals surface area contributed by atoms with Crippen molar-refractivity contribution in [3.8, 4) is 5.75 Å². The van der Waals surface area contributed by atoms with Crippen molar-refractivity contribution >= 4 is 18.3 Å². The number of carbonyl (C=O) groups is 1. The number of amides is 1. The second kappa shape index (κ2) is 5.44. The molecule has 1 aromatic rings. The Morgan fingerprint density at radius 2 is 2.21 bits per heavy atom. The standard InChI is InChI=1S/C9H10FNO2.ClH/c1-2-13-8-5-6(10)3-4-7(8)9(11)12;/h3-5H,2H2,1H3,(H2,11,12);1H. The molecule has 0 fully saturated rings. The molecule has 0 saturated carbocycles. The zero-order valence-electron chi connectivity index (χ0n) is 7.62. The van der Waals surface area contributed by atoms with Crippen molar-refractivity contribution < 1.29 is 13.9 Å². The number of halogens is 2. The van der Waals surface area contributed by atoms with Crippen LogP contribution in [-0.4, -0.2) is 12.5 Å². The van der Waals surface area contributed by atoms with Crippen LogP contribution in [0.2, 0.25) is 0 Å². The summed E-state index contributed by atoms with van der Waals surface area (Å²) in [6, 6.07) is 3.62. The lowest BCUT2D eigenvalue weighted by Crippen LogP contribution is -2.13. The summed E-state index contributed by atoms with van der Waals surface area (Å²) >= 11 is 0. The van der Waals surface area contributed by atoms with Gasteiger partial charge in [0, 0.05) is 6.07 Å². The van der Waals surface area contributed by atoms with Crippen molar-refractivity contribution in [3.63, 3.8) is 0 Å². The Balaban J connectivity index is 0.00000169. The maximum Gasteiger partial charge on any atom is 0.252 e. The normalized spacial score (nSPS) is 9.00. The Morgan fingerprint density at radius 3 is 2.71 bits per heavy atom. The van der Waals surface area contributed by atoms with Crippen LogP contribution in [-0.2, 0) is 0 Å². The van der Waals surface area contributed by atoms with Crippen molar-refractivity contribution in [1.29, 1.82) is 0 Å². The van der Waals surface area contributed by atoms with Crippen LogP contribution in [0.3, 0.4) is 0 Å². The summed E-state index contributed by atoms with van der Waals surface area (Å²) in [6.45, 7) is 2.11. The third kappa shape index (κ3) is 2.88. The minimum atomic E-state index is -0.622. The fraction of sp³-hybridized carbons (Fsp3) is 0.222. The van der Waals surface area contributed by atoms with E-state index in [1.165, 1.54) is 12.1 Å². The van der Waals surface area contributed by atoms with Gasteiger partial charge in [-0.1, -0.05) is 0 Å². The summed E-state index contributed by atoms with van der Waals surface area (Å²) in [4.78, 5) is 10.8. The molecule has 0 saturated heterocycles. The number of primary amides is 1. The van der Waals surface area contributed by atoms with Crippen LogP contribution < -0.4 is 10.5 Å². The van der Waals surface area contributed by atoms with Gasteiger partial charge in [-0.2, -0.15) is 0 Å². The third-order valence-electron chi connectivity index (χ3n) is 1.51. The van der Waals surface area contributed by atoms with Gasteiger partial charge >= 0.3 is 0 Å². The maximum absolute atomic E-state index is 12.7. The molecule has 0 unspecified atom stereocenters. The van der Waals surface area contributed by atoms with Gasteiger partial charge in [-0.25, -0.2) is 4.39 Å². The molecule has 0 aromatic heterocycles. The zero-order valence-corrected chi connectivity index (χ0v) is 8.44. The van der Waals surface area contributed by atoms with E-state index < -0.39 is 11.7 Å². The molecule has 2 N–H and O–H groups in total. The molecule has 0 radical (unpaired) electrons. The number of nitrogens with two attached hydrogens (primary N) is 1. The largest absolute Gasteiger partial charge is 0.493 e. The van der Waals surface area contributed by atoms with E-state index in [0.29, 0.717) is 6.61 Å². The molecular weight excluding hydrogens is 209 g/mol. The minimum Gasteiger partial charge on any atom is -0.493 e. The predicted molar refractivity (Wildman–Crippen MR) is 53.3 cm³/mol. The fourth-order valence-electron chi connectivity index (χ4n) is 0.975. The van der Waals surface area contributed by atoms with E-state index in [1.807, 2.05) is 0 Å². The van der Waals surface area contributed by atoms with Gasteiger partial charge in [-0.15, -0.1) is 12.4 Å². The van der Waals surface area contributed by atoms with Crippen LogP contribution in [0.25, 0.3) is 0 Å². The summed E-state index contributed by atoms with van der Waals surface area (Å²) < 4.78 is 17.7. The molecule has 0 heterocycles. The molecule has 1 amide bonds. The van der Waals surface area contributed by atoms with Crippen molar-refractivity contribution in [1.82, 2.24) is 0 Å². The Bertz CT molecular complexity index is 331. The van der Waals surface area contributed by atoms with Gasteiger partial charge < -0.3 is 10.5 Å². The van der Waals surface area contributed by atoms with Crippen LogP contribution in [0, 0.1) is 5.82 Å². The summed E-state index contributed by atoms with van der Waals surface area (Å²) in [6.07, 6.45) is 0. The molecular formula is C9H11ClFNO2. The van der Waals surface area contributed by atoms with Gasteiger partial charge in [0.25, 0.3) is 5.91 Å². The van der Waals surface area contributed by atoms with Crippen molar-refractivity contribution in [2.75, 3.05) is 6.61 Å². The average molecular weight is 220 g/mol. The van der Waals surface area contributed by atoms with Gasteiger partial charge in [0.05, 0.1) is 12.2 Å². The van der Waals surface area contributed by atoms with Crippen LogP contribution in [0.15, 0.2) is 18.2 Å². The first-order chi connectivity index (χ1) is 6.15. The number of hydrogen-bond acceptors (Lipinski definition) is 2. The lowest BCUT2D eigenvalue weighted by Gasteiger charge is -2.06. The first-order valence-corrected chi connectivity index (χ1v) is 3.87. The highest BCUT2D eigenvalue weighted by atomic mass is 35.5. The average Bonchev–Trinajstić information content (AvgIpc) is 2.04. The predicted octanol–water partition coefficient (Wildman–Crippen LogP) is 1.75. The number of hydrogen-bond donors (Lipinski definition) is 1. The molecule has 78 valence electrons. The highest BCUT2D eigenvalue weighted by molar-refractivity contribution is 5.95. The second-order valence-electron chi connectivity index (χ2n) is 2.44. The van der Waals surface area contributed by atoms with E-state index in [1.54, 1.807) is 6.92 Å². The van der Waals surface area contributed by atoms with Gasteiger partial charge in [0.15, 0.2) is 0 Å². The highest BCUT2D eigenvalue weighted by Crippen LogP contribution is 2.19. The van der Waals surface area contributed by atoms with Crippen LogP contribution in [0.1, 0.15) is 17.3 Å². The summed E-state index contributed by atoms with van der Waals surface area (Å²) in [7, 11) is 0. The molecule has 14 heavy (non-hydrogen) atoms. The molecule has 1 rings (SSSR count). The Kier molecular flexibility index (Phi) is 4.94. The first kappa shape index (κ1) is 12.7. The second-order valence-corrected chi connectivity index (χ2v) is 2.44. The number of ether oxygens (including phenoxy) is 1. The monoisotopic (exact) mass is 219 g/mol. The van der Waals surface area contributed by atoms with E-state index in [4.69, 9.17) is 10.5 Å². The van der Waals surface area contributed by atoms with Crippen LogP contribution in [0.5, 0.6) is 5.75 Å². The van der Waals surface area contributed by atoms with Gasteiger partial charge in [0.2, 0.25) is 0 Å². The topological polar surface area (TPSA) is 52.3 Å². The highest BCUT2D eigenvalue weighted by Gasteiger charge is 2.09. The smallest absolute Gasteiger partial charge is 0.252 e. The maximum atomic E-state index is 12.7. The van der Waals surface area contributed by atoms with E-state index >= 15 is 0 Å². The van der Waals surface area contributed by atoms with E-state index in [9.17, 15) is 9.18 Å². The van der Waals surface area contributed by atoms with Gasteiger partial charge in [-0.05, 0) is 19.1 Å². The van der Waals surface area contributed by atoms with Gasteiger partial charge in [-0.3, -0.25) is 4.79 Å². The van der Waals surface area contributed by atoms with E-state index in [0.717, 1.165) is 6.07 Å².